The zero-order chi connectivity index (χ0) is 28.8. The predicted octanol–water partition coefficient (Wildman–Crippen LogP) is 4.66. The Labute approximate surface area is 230 Å². The van der Waals surface area contributed by atoms with Gasteiger partial charge in [-0.2, -0.15) is 0 Å². The summed E-state index contributed by atoms with van der Waals surface area (Å²) in [5.74, 6) is 1.51. The van der Waals surface area contributed by atoms with Crippen molar-refractivity contribution in [3.05, 3.63) is 52.6 Å². The first-order valence-electron chi connectivity index (χ1n) is 13.5. The molecule has 1 aliphatic carbocycles. The summed E-state index contributed by atoms with van der Waals surface area (Å²) in [4.78, 5) is 26.2. The van der Waals surface area contributed by atoms with E-state index in [9.17, 15) is 14.3 Å². The van der Waals surface area contributed by atoms with Crippen molar-refractivity contribution in [2.75, 3.05) is 20.8 Å². The molecule has 0 amide bonds. The summed E-state index contributed by atoms with van der Waals surface area (Å²) in [7, 11) is 2.93. The Kier molecular flexibility index (Phi) is 13.6. The molecule has 3 aromatic rings. The fraction of sp³-hybridized carbons (Fsp3) is 0.500. The van der Waals surface area contributed by atoms with Crippen LogP contribution in [-0.4, -0.2) is 60.1 Å². The second kappa shape index (κ2) is 16.6. The van der Waals surface area contributed by atoms with Crippen molar-refractivity contribution in [2.45, 2.75) is 70.8 Å². The molecule has 8 nitrogen and oxygen atoms in total. The fourth-order valence-electron chi connectivity index (χ4n) is 4.90. The Hall–Kier alpha value is -3.30. The lowest BCUT2D eigenvalue weighted by molar-refractivity contribution is -0.111. The van der Waals surface area contributed by atoms with E-state index < -0.39 is 0 Å². The monoisotopic (exact) mass is 543 g/mol. The summed E-state index contributed by atoms with van der Waals surface area (Å²) in [6.07, 6.45) is 10.2. The number of hydrogen-bond donors (Lipinski definition) is 4. The van der Waals surface area contributed by atoms with Crippen LogP contribution in [0.25, 0.3) is 11.0 Å². The number of fused-ring (bicyclic) bond motifs is 2. The van der Waals surface area contributed by atoms with E-state index in [-0.39, 0.29) is 11.6 Å². The third-order valence-electron chi connectivity index (χ3n) is 7.12. The van der Waals surface area contributed by atoms with E-state index >= 15 is 0 Å². The number of aliphatic hydroxyl groups excluding tert-OH is 1. The van der Waals surface area contributed by atoms with Gasteiger partial charge in [0.2, 0.25) is 0 Å². The standard InChI is InChI=1S/C21H24FN3O2.C7H12O.CH4O.CH2O/c1-12(23-2)3-4-15-18(26)6-5-17-20(15)25-19(24-17)11-13-9-14-7-8-27-21(14)16(22)10-13;8-6-7-4-2-1-3-5-7;2*1-2/h5-6,9-10,12,23,26H,3-4,7-8,11H2,1-2H3,(H,24,25);6-7H,1-5H2;2H,1H3;1H2. The van der Waals surface area contributed by atoms with Gasteiger partial charge in [0.15, 0.2) is 11.6 Å². The van der Waals surface area contributed by atoms with E-state index in [0.717, 1.165) is 79.0 Å². The third-order valence-corrected chi connectivity index (χ3v) is 7.12. The molecular formula is C30H42FN3O5. The molecule has 1 aliphatic heterocycles. The highest BCUT2D eigenvalue weighted by Crippen LogP contribution is 2.31. The maximum Gasteiger partial charge on any atom is 0.165 e. The number of imidazole rings is 1. The maximum absolute atomic E-state index is 14.2. The lowest BCUT2D eigenvalue weighted by atomic mass is 9.91. The molecule has 1 fully saturated rings. The zero-order valence-electron chi connectivity index (χ0n) is 23.3. The van der Waals surface area contributed by atoms with Crippen LogP contribution in [0.15, 0.2) is 24.3 Å². The molecule has 9 heteroatoms. The van der Waals surface area contributed by atoms with Crippen molar-refractivity contribution in [3.8, 4) is 11.5 Å². The molecule has 0 bridgehead atoms. The topological polar surface area (TPSA) is 125 Å². The van der Waals surface area contributed by atoms with Crippen molar-refractivity contribution in [2.24, 2.45) is 5.92 Å². The summed E-state index contributed by atoms with van der Waals surface area (Å²) in [5.41, 5.74) is 4.31. The number of ether oxygens (including phenoxy) is 1. The van der Waals surface area contributed by atoms with Crippen molar-refractivity contribution >= 4 is 24.1 Å². The minimum absolute atomic E-state index is 0.268. The number of aldehydes is 1. The number of aromatic amines is 1. The van der Waals surface area contributed by atoms with Gasteiger partial charge in [-0.25, -0.2) is 9.37 Å². The first-order valence-corrected chi connectivity index (χ1v) is 13.5. The highest BCUT2D eigenvalue weighted by molar-refractivity contribution is 5.81. The van der Waals surface area contributed by atoms with E-state index in [1.807, 2.05) is 26.0 Å². The van der Waals surface area contributed by atoms with Crippen molar-refractivity contribution in [3.63, 3.8) is 0 Å². The van der Waals surface area contributed by atoms with E-state index in [4.69, 9.17) is 19.6 Å². The summed E-state index contributed by atoms with van der Waals surface area (Å²) in [6, 6.07) is 7.41. The molecule has 5 rings (SSSR count). The highest BCUT2D eigenvalue weighted by atomic mass is 19.1. The zero-order valence-corrected chi connectivity index (χ0v) is 23.3. The Morgan fingerprint density at radius 2 is 1.95 bits per heavy atom. The molecule has 4 N–H and O–H groups in total. The number of halogens is 1. The number of nitrogens with one attached hydrogen (secondary N) is 2. The van der Waals surface area contributed by atoms with Crippen molar-refractivity contribution in [1.29, 1.82) is 0 Å². The minimum atomic E-state index is -0.310. The smallest absolute Gasteiger partial charge is 0.165 e. The van der Waals surface area contributed by atoms with Crippen LogP contribution in [0.1, 0.15) is 68.0 Å². The summed E-state index contributed by atoms with van der Waals surface area (Å²) in [6.45, 7) is 4.65. The average molecular weight is 544 g/mol. The van der Waals surface area contributed by atoms with Gasteiger partial charge in [0, 0.05) is 43.0 Å². The lowest BCUT2D eigenvalue weighted by Crippen LogP contribution is -2.21. The van der Waals surface area contributed by atoms with Crippen LogP contribution < -0.4 is 10.1 Å². The SMILES string of the molecule is C=O.CNC(C)CCc1c(O)ccc2[nH]c(Cc3cc(F)c4c(c3)CCO4)nc12.CO.O=CC1CCCCC1. The molecule has 1 unspecified atom stereocenters. The van der Waals surface area contributed by atoms with E-state index in [1.165, 1.54) is 25.3 Å². The Bertz CT molecular complexity index is 1180. The summed E-state index contributed by atoms with van der Waals surface area (Å²) < 4.78 is 19.5. The number of benzene rings is 2. The van der Waals surface area contributed by atoms with E-state index in [1.54, 1.807) is 6.07 Å². The van der Waals surface area contributed by atoms with Crippen LogP contribution in [0.2, 0.25) is 0 Å². The maximum atomic E-state index is 14.2. The van der Waals surface area contributed by atoms with Gasteiger partial charge in [-0.15, -0.1) is 0 Å². The number of hydrogen-bond acceptors (Lipinski definition) is 7. The van der Waals surface area contributed by atoms with Gasteiger partial charge < -0.3 is 34.8 Å². The molecule has 0 saturated heterocycles. The number of rotatable bonds is 7. The van der Waals surface area contributed by atoms with Crippen LogP contribution in [0.5, 0.6) is 11.5 Å². The molecule has 1 saturated carbocycles. The Balaban J connectivity index is 0.000000375. The molecule has 39 heavy (non-hydrogen) atoms. The normalized spacial score (nSPS) is 14.9. The molecule has 1 aromatic heterocycles. The van der Waals surface area contributed by atoms with Gasteiger partial charge in [-0.1, -0.05) is 25.3 Å². The molecular weight excluding hydrogens is 501 g/mol. The number of carbonyl (C=O) groups is 2. The number of carbonyl (C=O) groups excluding carboxylic acids is 2. The average Bonchev–Trinajstić information content (AvgIpc) is 3.62. The molecule has 2 aliphatic rings. The number of H-pyrrole nitrogens is 1. The van der Waals surface area contributed by atoms with Crippen LogP contribution >= 0.6 is 0 Å². The van der Waals surface area contributed by atoms with Crippen LogP contribution in [0.3, 0.4) is 0 Å². The first kappa shape index (κ1) is 31.9. The summed E-state index contributed by atoms with van der Waals surface area (Å²) >= 11 is 0. The Morgan fingerprint density at radius 1 is 1.23 bits per heavy atom. The van der Waals surface area contributed by atoms with Gasteiger partial charge in [-0.3, -0.25) is 0 Å². The van der Waals surface area contributed by atoms with E-state index in [0.29, 0.717) is 30.7 Å². The van der Waals surface area contributed by atoms with Crippen LogP contribution in [-0.2, 0) is 28.9 Å². The quantitative estimate of drug-likeness (QED) is 0.320. The minimum Gasteiger partial charge on any atom is -0.508 e. The molecule has 0 radical (unpaired) electrons. The second-order valence-corrected chi connectivity index (χ2v) is 9.75. The van der Waals surface area contributed by atoms with Crippen LogP contribution in [0.4, 0.5) is 4.39 Å². The predicted molar refractivity (Wildman–Crippen MR) is 151 cm³/mol. The number of aromatic hydroxyl groups is 1. The van der Waals surface area contributed by atoms with Gasteiger partial charge >= 0.3 is 0 Å². The number of phenolic OH excluding ortho intramolecular Hbond substituents is 1. The molecule has 0 spiro atoms. The van der Waals surface area contributed by atoms with E-state index in [2.05, 4.69) is 17.2 Å². The third kappa shape index (κ3) is 8.86. The van der Waals surface area contributed by atoms with Crippen molar-refractivity contribution in [1.82, 2.24) is 15.3 Å². The number of aryl methyl sites for hydroxylation is 1. The van der Waals surface area contributed by atoms with Gasteiger partial charge in [0.1, 0.15) is 24.6 Å². The van der Waals surface area contributed by atoms with Gasteiger partial charge in [0.05, 0.1) is 17.6 Å². The Morgan fingerprint density at radius 3 is 2.59 bits per heavy atom. The lowest BCUT2D eigenvalue weighted by Gasteiger charge is -2.14. The van der Waals surface area contributed by atoms with Gasteiger partial charge in [-0.05, 0) is 63.4 Å². The number of aromatic nitrogens is 2. The number of phenols is 1. The molecule has 2 heterocycles. The second-order valence-electron chi connectivity index (χ2n) is 9.75. The molecule has 214 valence electrons. The first-order chi connectivity index (χ1) is 19.0. The van der Waals surface area contributed by atoms with Crippen molar-refractivity contribution < 1.29 is 28.9 Å². The largest absolute Gasteiger partial charge is 0.508 e. The molecule has 2 aromatic carbocycles. The summed E-state index contributed by atoms with van der Waals surface area (Å²) in [5, 5.41) is 20.5. The van der Waals surface area contributed by atoms with Gasteiger partial charge in [0.25, 0.3) is 0 Å². The number of nitrogens with zero attached hydrogens (tertiary/aromatic N) is 1. The molecule has 1 atom stereocenters. The van der Waals surface area contributed by atoms with Crippen LogP contribution in [0, 0.1) is 11.7 Å². The fourth-order valence-corrected chi connectivity index (χ4v) is 4.90. The highest BCUT2D eigenvalue weighted by Gasteiger charge is 2.19. The number of aliphatic hydroxyl groups is 1.